The number of carbonyl (C=O) groups is 1. The third-order valence-corrected chi connectivity index (χ3v) is 6.52. The van der Waals surface area contributed by atoms with E-state index in [2.05, 4.69) is 29.2 Å². The van der Waals surface area contributed by atoms with Gasteiger partial charge in [-0.05, 0) is 78.2 Å². The van der Waals surface area contributed by atoms with Gasteiger partial charge >= 0.3 is 0 Å². The second-order valence-electron chi connectivity index (χ2n) is 8.81. The van der Waals surface area contributed by atoms with Crippen molar-refractivity contribution < 1.29 is 4.79 Å². The van der Waals surface area contributed by atoms with Crippen molar-refractivity contribution in [3.05, 3.63) is 45.7 Å². The number of rotatable bonds is 6. The zero-order valence-electron chi connectivity index (χ0n) is 18.3. The molecule has 5 nitrogen and oxygen atoms in total. The van der Waals surface area contributed by atoms with Crippen molar-refractivity contribution in [2.24, 2.45) is 0 Å². The summed E-state index contributed by atoms with van der Waals surface area (Å²) >= 11 is 6.29. The van der Waals surface area contributed by atoms with Crippen LogP contribution in [0.5, 0.6) is 0 Å². The van der Waals surface area contributed by atoms with Crippen LogP contribution < -0.4 is 5.32 Å². The van der Waals surface area contributed by atoms with Gasteiger partial charge in [0, 0.05) is 28.4 Å². The molecule has 0 unspecified atom stereocenters. The molecule has 2 heterocycles. The van der Waals surface area contributed by atoms with E-state index in [1.165, 1.54) is 19.3 Å². The molecule has 1 aliphatic rings. The number of likely N-dealkylation sites (tertiary alicyclic amines) is 1. The van der Waals surface area contributed by atoms with Gasteiger partial charge in [0.15, 0.2) is 0 Å². The highest BCUT2D eigenvalue weighted by Crippen LogP contribution is 2.23. The number of nitrogens with one attached hydrogen (secondary N) is 1. The number of aryl methyl sites for hydroxylation is 2. The Hall–Kier alpha value is -1.85. The molecule has 1 N–H and O–H groups in total. The van der Waals surface area contributed by atoms with Gasteiger partial charge in [-0.1, -0.05) is 24.1 Å². The largest absolute Gasteiger partial charge is 0.354 e. The maximum Gasteiger partial charge on any atom is 0.224 e. The first-order valence-electron chi connectivity index (χ1n) is 10.5. The predicted octanol–water partition coefficient (Wildman–Crippen LogP) is 4.37. The molecule has 1 amide bonds. The van der Waals surface area contributed by atoms with Crippen molar-refractivity contribution in [2.75, 3.05) is 19.6 Å². The Morgan fingerprint density at radius 2 is 1.86 bits per heavy atom. The van der Waals surface area contributed by atoms with Gasteiger partial charge in [0.1, 0.15) is 0 Å². The molecule has 1 aromatic carbocycles. The Morgan fingerprint density at radius 1 is 1.17 bits per heavy atom. The van der Waals surface area contributed by atoms with Gasteiger partial charge in [-0.25, -0.2) is 4.68 Å². The molecule has 158 valence electrons. The summed E-state index contributed by atoms with van der Waals surface area (Å²) in [5.41, 5.74) is 4.77. The number of piperidine rings is 1. The van der Waals surface area contributed by atoms with E-state index in [1.54, 1.807) is 0 Å². The number of amides is 1. The van der Waals surface area contributed by atoms with E-state index >= 15 is 0 Å². The average Bonchev–Trinajstić information content (AvgIpc) is 2.97. The Morgan fingerprint density at radius 3 is 2.52 bits per heavy atom. The number of aromatic nitrogens is 2. The van der Waals surface area contributed by atoms with Crippen molar-refractivity contribution in [3.63, 3.8) is 0 Å². The van der Waals surface area contributed by atoms with Crippen LogP contribution in [0.2, 0.25) is 5.02 Å². The molecule has 0 saturated carbocycles. The average molecular weight is 417 g/mol. The molecule has 6 heteroatoms. The van der Waals surface area contributed by atoms with Gasteiger partial charge in [-0.3, -0.25) is 9.69 Å². The summed E-state index contributed by atoms with van der Waals surface area (Å²) in [5.74, 6) is 0.0442. The fraction of sp³-hybridized carbons (Fsp3) is 0.565. The molecule has 0 spiro atoms. The highest BCUT2D eigenvalue weighted by Gasteiger charge is 2.28. The lowest BCUT2D eigenvalue weighted by atomic mass is 9.98. The predicted molar refractivity (Wildman–Crippen MR) is 119 cm³/mol. The molecule has 3 rings (SSSR count). The van der Waals surface area contributed by atoms with Crippen LogP contribution in [0.15, 0.2) is 18.2 Å². The molecule has 0 radical (unpaired) electrons. The van der Waals surface area contributed by atoms with Crippen LogP contribution in [0.3, 0.4) is 0 Å². The number of carbonyl (C=O) groups excluding carboxylic acids is 1. The number of hydrogen-bond donors (Lipinski definition) is 1. The topological polar surface area (TPSA) is 50.2 Å². The molecule has 0 bridgehead atoms. The van der Waals surface area contributed by atoms with E-state index in [0.29, 0.717) is 18.0 Å². The van der Waals surface area contributed by atoms with Gasteiger partial charge in [0.2, 0.25) is 5.91 Å². The van der Waals surface area contributed by atoms with Crippen molar-refractivity contribution in [1.82, 2.24) is 20.0 Å². The summed E-state index contributed by atoms with van der Waals surface area (Å²) in [6.07, 6.45) is 4.15. The SMILES string of the molecule is Cc1ccc(-n2nc(C)c(CC(=O)NCC(C)(C)N3CCCCC3)c2C)cc1Cl. The maximum atomic E-state index is 12.7. The van der Waals surface area contributed by atoms with Crippen molar-refractivity contribution in [2.45, 2.75) is 65.8 Å². The molecular weight excluding hydrogens is 384 g/mol. The molecule has 29 heavy (non-hydrogen) atoms. The van der Waals surface area contributed by atoms with Crippen molar-refractivity contribution in [1.29, 1.82) is 0 Å². The molecule has 1 aliphatic heterocycles. The number of benzene rings is 1. The van der Waals surface area contributed by atoms with Crippen molar-refractivity contribution >= 4 is 17.5 Å². The van der Waals surface area contributed by atoms with Crippen LogP contribution >= 0.6 is 11.6 Å². The summed E-state index contributed by atoms with van der Waals surface area (Å²) in [6.45, 7) is 13.3. The van der Waals surface area contributed by atoms with E-state index in [4.69, 9.17) is 11.6 Å². The quantitative estimate of drug-likeness (QED) is 0.760. The van der Waals surface area contributed by atoms with E-state index in [9.17, 15) is 4.79 Å². The summed E-state index contributed by atoms with van der Waals surface area (Å²) in [5, 5.41) is 8.52. The van der Waals surface area contributed by atoms with Crippen LogP contribution in [-0.2, 0) is 11.2 Å². The summed E-state index contributed by atoms with van der Waals surface area (Å²) in [4.78, 5) is 15.2. The fourth-order valence-corrected chi connectivity index (χ4v) is 4.22. The Labute approximate surface area is 179 Å². The Kier molecular flexibility index (Phi) is 6.69. The molecule has 0 aliphatic carbocycles. The van der Waals surface area contributed by atoms with E-state index < -0.39 is 0 Å². The molecule has 1 saturated heterocycles. The second kappa shape index (κ2) is 8.88. The first-order chi connectivity index (χ1) is 13.7. The van der Waals surface area contributed by atoms with Gasteiger partial charge < -0.3 is 5.32 Å². The van der Waals surface area contributed by atoms with Gasteiger partial charge in [0.05, 0.1) is 17.8 Å². The Balaban J connectivity index is 1.67. The number of hydrogen-bond acceptors (Lipinski definition) is 3. The minimum atomic E-state index is -0.0248. The number of nitrogens with zero attached hydrogens (tertiary/aromatic N) is 3. The molecule has 1 fully saturated rings. The molecule has 0 atom stereocenters. The lowest BCUT2D eigenvalue weighted by Gasteiger charge is -2.41. The van der Waals surface area contributed by atoms with E-state index in [-0.39, 0.29) is 11.4 Å². The zero-order chi connectivity index (χ0) is 21.2. The first-order valence-corrected chi connectivity index (χ1v) is 10.9. The standard InChI is InChI=1S/C23H33ClN4O/c1-16-9-10-19(13-21(16)24)28-18(3)20(17(2)26-28)14-22(29)25-15-23(4,5)27-11-7-6-8-12-27/h9-10,13H,6-8,11-12,14-15H2,1-5H3,(H,25,29). The van der Waals surface area contributed by atoms with E-state index in [1.807, 2.05) is 43.7 Å². The second-order valence-corrected chi connectivity index (χ2v) is 9.22. The zero-order valence-corrected chi connectivity index (χ0v) is 19.1. The maximum absolute atomic E-state index is 12.7. The first kappa shape index (κ1) is 21.8. The summed E-state index contributed by atoms with van der Waals surface area (Å²) in [6, 6.07) is 5.91. The van der Waals surface area contributed by atoms with Crippen LogP contribution in [0.25, 0.3) is 5.69 Å². The smallest absolute Gasteiger partial charge is 0.224 e. The monoisotopic (exact) mass is 416 g/mol. The highest BCUT2D eigenvalue weighted by atomic mass is 35.5. The minimum absolute atomic E-state index is 0.0248. The van der Waals surface area contributed by atoms with Crippen LogP contribution in [0, 0.1) is 20.8 Å². The lowest BCUT2D eigenvalue weighted by Crippen LogP contribution is -2.53. The van der Waals surface area contributed by atoms with Gasteiger partial charge in [-0.2, -0.15) is 5.10 Å². The Bertz CT molecular complexity index is 881. The number of halogens is 1. The van der Waals surface area contributed by atoms with Gasteiger partial charge in [-0.15, -0.1) is 0 Å². The normalized spacial score (nSPS) is 15.5. The van der Waals surface area contributed by atoms with Crippen molar-refractivity contribution in [3.8, 4) is 5.69 Å². The van der Waals surface area contributed by atoms with Gasteiger partial charge in [0.25, 0.3) is 0 Å². The highest BCUT2D eigenvalue weighted by molar-refractivity contribution is 6.31. The molecule has 2 aromatic rings. The third-order valence-electron chi connectivity index (χ3n) is 6.11. The van der Waals surface area contributed by atoms with E-state index in [0.717, 1.165) is 41.3 Å². The summed E-state index contributed by atoms with van der Waals surface area (Å²) in [7, 11) is 0. The lowest BCUT2D eigenvalue weighted by molar-refractivity contribution is -0.121. The summed E-state index contributed by atoms with van der Waals surface area (Å²) < 4.78 is 1.88. The van der Waals surface area contributed by atoms with Crippen LogP contribution in [0.1, 0.15) is 55.6 Å². The molecular formula is C23H33ClN4O. The molecule has 1 aromatic heterocycles. The minimum Gasteiger partial charge on any atom is -0.354 e. The fourth-order valence-electron chi connectivity index (χ4n) is 4.04. The van der Waals surface area contributed by atoms with Crippen LogP contribution in [0.4, 0.5) is 0 Å². The van der Waals surface area contributed by atoms with Crippen LogP contribution in [-0.4, -0.2) is 45.8 Å². The third kappa shape index (κ3) is 5.01.